The maximum Gasteiger partial charge on any atom is 0.0995 e. The van der Waals surface area contributed by atoms with Crippen LogP contribution in [0.1, 0.15) is 38.3 Å². The smallest absolute Gasteiger partial charge is 0.0995 e. The van der Waals surface area contributed by atoms with E-state index in [0.717, 1.165) is 12.0 Å². The first-order valence-corrected chi connectivity index (χ1v) is 6.29. The summed E-state index contributed by atoms with van der Waals surface area (Å²) in [4.78, 5) is 0. The zero-order chi connectivity index (χ0) is 13.6. The van der Waals surface area contributed by atoms with E-state index in [-0.39, 0.29) is 11.5 Å². The summed E-state index contributed by atoms with van der Waals surface area (Å²) in [5.74, 6) is 0. The van der Waals surface area contributed by atoms with Crippen LogP contribution in [0.5, 0.6) is 0 Å². The van der Waals surface area contributed by atoms with Crippen LogP contribution in [-0.2, 0) is 6.54 Å². The first-order chi connectivity index (χ1) is 8.42. The molecule has 0 fully saturated rings. The van der Waals surface area contributed by atoms with Crippen LogP contribution in [0.4, 0.5) is 0 Å². The molecule has 1 atom stereocenters. The minimum atomic E-state index is -0.348. The van der Waals surface area contributed by atoms with Crippen molar-refractivity contribution in [3.8, 4) is 6.07 Å². The fourth-order valence-corrected chi connectivity index (χ4v) is 1.94. The monoisotopic (exact) mass is 246 g/mol. The zero-order valence-electron chi connectivity index (χ0n) is 11.4. The topological polar surface area (TPSA) is 56.0 Å². The van der Waals surface area contributed by atoms with Crippen molar-refractivity contribution >= 4 is 0 Å². The van der Waals surface area contributed by atoms with Gasteiger partial charge in [0.2, 0.25) is 0 Å². The average Bonchev–Trinajstić information content (AvgIpc) is 2.27. The molecule has 1 rings (SSSR count). The van der Waals surface area contributed by atoms with Crippen molar-refractivity contribution < 1.29 is 5.11 Å². The maximum absolute atomic E-state index is 9.86. The Morgan fingerprint density at radius 1 is 1.33 bits per heavy atom. The van der Waals surface area contributed by atoms with E-state index in [1.54, 1.807) is 0 Å². The van der Waals surface area contributed by atoms with Crippen LogP contribution >= 0.6 is 0 Å². The van der Waals surface area contributed by atoms with Crippen LogP contribution in [0.3, 0.4) is 0 Å². The molecule has 98 valence electrons. The molecule has 0 bridgehead atoms. The Labute approximate surface area is 109 Å². The summed E-state index contributed by atoms with van der Waals surface area (Å²) in [6.45, 7) is 7.51. The molecule has 0 aromatic heterocycles. The number of aliphatic hydroxyl groups excluding tert-OH is 1. The summed E-state index contributed by atoms with van der Waals surface area (Å²) in [6, 6.07) is 9.69. The third-order valence-corrected chi connectivity index (χ3v) is 2.68. The van der Waals surface area contributed by atoms with Crippen LogP contribution in [0.25, 0.3) is 0 Å². The van der Waals surface area contributed by atoms with Gasteiger partial charge in [-0.15, -0.1) is 0 Å². The molecule has 0 spiro atoms. The minimum Gasteiger partial charge on any atom is -0.392 e. The van der Waals surface area contributed by atoms with E-state index in [0.29, 0.717) is 18.7 Å². The molecule has 0 aliphatic rings. The molecule has 0 aliphatic heterocycles. The highest BCUT2D eigenvalue weighted by molar-refractivity contribution is 5.37. The van der Waals surface area contributed by atoms with Gasteiger partial charge in [-0.05, 0) is 23.5 Å². The first-order valence-electron chi connectivity index (χ1n) is 6.29. The van der Waals surface area contributed by atoms with Gasteiger partial charge in [0, 0.05) is 13.1 Å². The van der Waals surface area contributed by atoms with Gasteiger partial charge in [0.15, 0.2) is 0 Å². The van der Waals surface area contributed by atoms with E-state index < -0.39 is 0 Å². The van der Waals surface area contributed by atoms with Gasteiger partial charge >= 0.3 is 0 Å². The first kappa shape index (κ1) is 14.7. The highest BCUT2D eigenvalue weighted by Crippen LogP contribution is 2.20. The Morgan fingerprint density at radius 3 is 2.61 bits per heavy atom. The third-order valence-electron chi connectivity index (χ3n) is 2.68. The number of hydrogen-bond donors (Lipinski definition) is 2. The van der Waals surface area contributed by atoms with Gasteiger partial charge in [0.05, 0.1) is 17.7 Å². The van der Waals surface area contributed by atoms with Crippen LogP contribution in [0.15, 0.2) is 24.3 Å². The lowest BCUT2D eigenvalue weighted by Crippen LogP contribution is -2.30. The Balaban J connectivity index is 2.40. The van der Waals surface area contributed by atoms with Crippen LogP contribution < -0.4 is 5.32 Å². The second-order valence-corrected chi connectivity index (χ2v) is 5.82. The standard InChI is InChI=1S/C15H22N2O/c1-15(2,3)8-14(18)11-17-10-13-7-5-4-6-12(13)9-16/h4-7,14,17-18H,8,10-11H2,1-3H3. The fraction of sp³-hybridized carbons (Fsp3) is 0.533. The highest BCUT2D eigenvalue weighted by atomic mass is 16.3. The third kappa shape index (κ3) is 5.31. The summed E-state index contributed by atoms with van der Waals surface area (Å²) in [5, 5.41) is 22.0. The normalized spacial score (nSPS) is 13.1. The lowest BCUT2D eigenvalue weighted by atomic mass is 9.89. The minimum absolute atomic E-state index is 0.131. The largest absolute Gasteiger partial charge is 0.392 e. The van der Waals surface area contributed by atoms with E-state index >= 15 is 0 Å². The van der Waals surface area contributed by atoms with Crippen molar-refractivity contribution in [2.75, 3.05) is 6.54 Å². The van der Waals surface area contributed by atoms with Crippen molar-refractivity contribution in [3.63, 3.8) is 0 Å². The SMILES string of the molecule is CC(C)(C)CC(O)CNCc1ccccc1C#N. The molecule has 3 heteroatoms. The Morgan fingerprint density at radius 2 is 2.00 bits per heavy atom. The van der Waals surface area contributed by atoms with Gasteiger partial charge in [-0.25, -0.2) is 0 Å². The van der Waals surface area contributed by atoms with Gasteiger partial charge < -0.3 is 10.4 Å². The number of hydrogen-bond acceptors (Lipinski definition) is 3. The van der Waals surface area contributed by atoms with Crippen LogP contribution in [-0.4, -0.2) is 17.8 Å². The molecule has 0 saturated heterocycles. The quantitative estimate of drug-likeness (QED) is 0.839. The molecule has 1 unspecified atom stereocenters. The van der Waals surface area contributed by atoms with Crippen LogP contribution in [0, 0.1) is 16.7 Å². The summed E-state index contributed by atoms with van der Waals surface area (Å²) in [7, 11) is 0. The second kappa shape index (κ2) is 6.53. The van der Waals surface area contributed by atoms with Gasteiger partial charge in [0.25, 0.3) is 0 Å². The predicted molar refractivity (Wildman–Crippen MR) is 72.9 cm³/mol. The summed E-state index contributed by atoms with van der Waals surface area (Å²) in [6.07, 6.45) is 0.416. The molecule has 2 N–H and O–H groups in total. The van der Waals surface area contributed by atoms with Crippen LogP contribution in [0.2, 0.25) is 0 Å². The lowest BCUT2D eigenvalue weighted by Gasteiger charge is -2.22. The number of nitrogens with zero attached hydrogens (tertiary/aromatic N) is 1. The van der Waals surface area contributed by atoms with Gasteiger partial charge in [-0.3, -0.25) is 0 Å². The Kier molecular flexibility index (Phi) is 5.33. The van der Waals surface area contributed by atoms with Gasteiger partial charge in [-0.2, -0.15) is 5.26 Å². The van der Waals surface area contributed by atoms with Gasteiger partial charge in [0.1, 0.15) is 0 Å². The average molecular weight is 246 g/mol. The molecular weight excluding hydrogens is 224 g/mol. The number of benzene rings is 1. The number of rotatable bonds is 5. The van der Waals surface area contributed by atoms with E-state index in [1.165, 1.54) is 0 Å². The number of aliphatic hydroxyl groups is 1. The van der Waals surface area contributed by atoms with E-state index in [4.69, 9.17) is 5.26 Å². The van der Waals surface area contributed by atoms with E-state index in [2.05, 4.69) is 32.2 Å². The van der Waals surface area contributed by atoms with E-state index in [1.807, 2.05) is 24.3 Å². The molecule has 1 aromatic carbocycles. The fourth-order valence-electron chi connectivity index (χ4n) is 1.94. The number of nitriles is 1. The van der Waals surface area contributed by atoms with Crippen molar-refractivity contribution in [1.29, 1.82) is 5.26 Å². The van der Waals surface area contributed by atoms with Crippen molar-refractivity contribution in [2.24, 2.45) is 5.41 Å². The summed E-state index contributed by atoms with van der Waals surface area (Å²) in [5.41, 5.74) is 1.80. The molecular formula is C15H22N2O. The van der Waals surface area contributed by atoms with Crippen molar-refractivity contribution in [2.45, 2.75) is 39.8 Å². The number of nitrogens with one attached hydrogen (secondary N) is 1. The highest BCUT2D eigenvalue weighted by Gasteiger charge is 2.16. The molecule has 0 aliphatic carbocycles. The molecule has 18 heavy (non-hydrogen) atoms. The molecule has 0 heterocycles. The second-order valence-electron chi connectivity index (χ2n) is 5.82. The lowest BCUT2D eigenvalue weighted by molar-refractivity contribution is 0.119. The maximum atomic E-state index is 9.86. The molecule has 0 radical (unpaired) electrons. The van der Waals surface area contributed by atoms with Crippen molar-refractivity contribution in [3.05, 3.63) is 35.4 Å². The van der Waals surface area contributed by atoms with Gasteiger partial charge in [-0.1, -0.05) is 39.0 Å². The molecule has 0 amide bonds. The summed E-state index contributed by atoms with van der Waals surface area (Å²) >= 11 is 0. The molecule has 3 nitrogen and oxygen atoms in total. The Hall–Kier alpha value is -1.37. The summed E-state index contributed by atoms with van der Waals surface area (Å²) < 4.78 is 0. The zero-order valence-corrected chi connectivity index (χ0v) is 11.4. The molecule has 0 saturated carbocycles. The van der Waals surface area contributed by atoms with E-state index in [9.17, 15) is 5.11 Å². The molecule has 1 aromatic rings. The predicted octanol–water partition coefficient (Wildman–Crippen LogP) is 2.44. The Bertz CT molecular complexity index is 415. The van der Waals surface area contributed by atoms with Crippen molar-refractivity contribution in [1.82, 2.24) is 5.32 Å².